The van der Waals surface area contributed by atoms with Gasteiger partial charge in [0.1, 0.15) is 0 Å². The van der Waals surface area contributed by atoms with Gasteiger partial charge in [-0.15, -0.1) is 0 Å². The van der Waals surface area contributed by atoms with Gasteiger partial charge >= 0.3 is 11.9 Å². The van der Waals surface area contributed by atoms with Crippen LogP contribution in [0.1, 0.15) is 22.3 Å². The molecule has 0 saturated carbocycles. The van der Waals surface area contributed by atoms with Crippen molar-refractivity contribution in [2.45, 2.75) is 24.3 Å². The van der Waals surface area contributed by atoms with Crippen molar-refractivity contribution in [1.29, 1.82) is 0 Å². The van der Waals surface area contributed by atoms with Crippen LogP contribution < -0.4 is 0 Å². The summed E-state index contributed by atoms with van der Waals surface area (Å²) in [4.78, 5) is 23.7. The van der Waals surface area contributed by atoms with E-state index in [4.69, 9.17) is 14.2 Å². The molecule has 9 heteroatoms. The van der Waals surface area contributed by atoms with E-state index >= 15 is 0 Å². The van der Waals surface area contributed by atoms with Crippen molar-refractivity contribution >= 4 is 22.0 Å². The van der Waals surface area contributed by atoms with Crippen LogP contribution in [0.3, 0.4) is 0 Å². The topological polar surface area (TPSA) is 99.2 Å². The van der Waals surface area contributed by atoms with Crippen molar-refractivity contribution < 1.29 is 32.2 Å². The average Bonchev–Trinajstić information content (AvgIpc) is 3.00. The molecule has 1 atom stereocenters. The molecule has 0 aliphatic carbocycles. The molecule has 1 aromatic rings. The van der Waals surface area contributed by atoms with Crippen LogP contribution in [0.25, 0.3) is 0 Å². The fourth-order valence-corrected chi connectivity index (χ4v) is 4.37. The quantitative estimate of drug-likeness (QED) is 0.712. The lowest BCUT2D eigenvalue weighted by Gasteiger charge is -2.26. The Balaban J connectivity index is 1.84. The first-order chi connectivity index (χ1) is 11.9. The van der Waals surface area contributed by atoms with Crippen LogP contribution in [0.2, 0.25) is 0 Å². The lowest BCUT2D eigenvalue weighted by atomic mass is 10.1. The average molecular weight is 369 g/mol. The van der Waals surface area contributed by atoms with Crippen LogP contribution in [-0.2, 0) is 29.0 Å². The summed E-state index contributed by atoms with van der Waals surface area (Å²) in [5.41, 5.74) is 0.612. The Morgan fingerprint density at radius 2 is 1.96 bits per heavy atom. The maximum Gasteiger partial charge on any atom is 0.347 e. The minimum Gasteiger partial charge on any atom is -0.463 e. The Labute approximate surface area is 145 Å². The number of hydrogen-bond acceptors (Lipinski definition) is 7. The van der Waals surface area contributed by atoms with Crippen LogP contribution >= 0.6 is 0 Å². The first-order valence-corrected chi connectivity index (χ1v) is 9.40. The van der Waals surface area contributed by atoms with E-state index in [1.165, 1.54) is 16.4 Å². The van der Waals surface area contributed by atoms with Crippen molar-refractivity contribution in [3.63, 3.8) is 0 Å². The number of ether oxygens (including phenoxy) is 3. The maximum absolute atomic E-state index is 12.8. The van der Waals surface area contributed by atoms with E-state index in [1.807, 2.05) is 0 Å². The van der Waals surface area contributed by atoms with Gasteiger partial charge in [0.2, 0.25) is 16.1 Å². The van der Waals surface area contributed by atoms with Crippen LogP contribution in [0, 0.1) is 6.92 Å². The zero-order valence-corrected chi connectivity index (χ0v) is 14.6. The van der Waals surface area contributed by atoms with Gasteiger partial charge in [0.05, 0.1) is 30.3 Å². The zero-order valence-electron chi connectivity index (χ0n) is 13.8. The molecular formula is C16H19NO7S. The Morgan fingerprint density at radius 1 is 1.24 bits per heavy atom. The highest BCUT2D eigenvalue weighted by Gasteiger charge is 2.32. The second kappa shape index (κ2) is 7.11. The third-order valence-corrected chi connectivity index (χ3v) is 6.19. The molecule has 0 bridgehead atoms. The van der Waals surface area contributed by atoms with Gasteiger partial charge in [0.15, 0.2) is 0 Å². The molecule has 136 valence electrons. The summed E-state index contributed by atoms with van der Waals surface area (Å²) >= 11 is 0. The largest absolute Gasteiger partial charge is 0.463 e. The van der Waals surface area contributed by atoms with Gasteiger partial charge < -0.3 is 14.2 Å². The molecule has 2 aliphatic heterocycles. The molecule has 3 rings (SSSR count). The SMILES string of the molecule is Cc1ccc(C(=O)OC2CCOC2=O)cc1S(=O)(=O)N1CCOCC1. The molecule has 0 amide bonds. The lowest BCUT2D eigenvalue weighted by molar-refractivity contribution is -0.145. The van der Waals surface area contributed by atoms with Crippen LogP contribution in [0.4, 0.5) is 0 Å². The molecule has 1 aromatic carbocycles. The highest BCUT2D eigenvalue weighted by Crippen LogP contribution is 2.23. The number of esters is 2. The molecule has 25 heavy (non-hydrogen) atoms. The summed E-state index contributed by atoms with van der Waals surface area (Å²) < 4.78 is 42.0. The van der Waals surface area contributed by atoms with Gasteiger partial charge in [0, 0.05) is 19.5 Å². The van der Waals surface area contributed by atoms with E-state index in [2.05, 4.69) is 0 Å². The van der Waals surface area contributed by atoms with Gasteiger partial charge in [-0.3, -0.25) is 0 Å². The molecule has 0 radical (unpaired) electrons. The van der Waals surface area contributed by atoms with Crippen molar-refractivity contribution in [1.82, 2.24) is 4.31 Å². The molecule has 0 spiro atoms. The van der Waals surface area contributed by atoms with E-state index in [-0.39, 0.29) is 30.2 Å². The first kappa shape index (κ1) is 17.8. The van der Waals surface area contributed by atoms with E-state index in [1.54, 1.807) is 13.0 Å². The van der Waals surface area contributed by atoms with Gasteiger partial charge in [-0.05, 0) is 24.6 Å². The number of carbonyl (C=O) groups excluding carboxylic acids is 2. The zero-order chi connectivity index (χ0) is 18.0. The van der Waals surface area contributed by atoms with Crippen molar-refractivity contribution in [2.75, 3.05) is 32.9 Å². The van der Waals surface area contributed by atoms with E-state index in [9.17, 15) is 18.0 Å². The standard InChI is InChI=1S/C16H19NO7S/c1-11-2-3-12(15(18)24-13-4-7-23-16(13)19)10-14(11)25(20,21)17-5-8-22-9-6-17/h2-3,10,13H,4-9H2,1H3. The van der Waals surface area contributed by atoms with Crippen LogP contribution in [0.15, 0.2) is 23.1 Å². The van der Waals surface area contributed by atoms with Crippen LogP contribution in [0.5, 0.6) is 0 Å². The van der Waals surface area contributed by atoms with E-state index in [0.717, 1.165) is 0 Å². The minimum atomic E-state index is -3.73. The van der Waals surface area contributed by atoms with Crippen molar-refractivity contribution in [3.05, 3.63) is 29.3 Å². The van der Waals surface area contributed by atoms with E-state index < -0.39 is 28.1 Å². The number of rotatable bonds is 4. The molecule has 2 fully saturated rings. The summed E-state index contributed by atoms with van der Waals surface area (Å²) in [6.07, 6.45) is -0.636. The number of cyclic esters (lactones) is 1. The Bertz CT molecular complexity index is 784. The fraction of sp³-hybridized carbons (Fsp3) is 0.500. The Hall–Kier alpha value is -1.97. The number of hydrogen-bond donors (Lipinski definition) is 0. The molecule has 0 N–H and O–H groups in total. The minimum absolute atomic E-state index is 0.0536. The summed E-state index contributed by atoms with van der Waals surface area (Å²) in [7, 11) is -3.73. The predicted molar refractivity (Wildman–Crippen MR) is 85.5 cm³/mol. The van der Waals surface area contributed by atoms with Gasteiger partial charge in [0.25, 0.3) is 0 Å². The first-order valence-electron chi connectivity index (χ1n) is 7.96. The molecule has 2 heterocycles. The summed E-state index contributed by atoms with van der Waals surface area (Å²) in [6, 6.07) is 4.33. The van der Waals surface area contributed by atoms with E-state index in [0.29, 0.717) is 25.2 Å². The highest BCUT2D eigenvalue weighted by molar-refractivity contribution is 7.89. The van der Waals surface area contributed by atoms with Gasteiger partial charge in [-0.1, -0.05) is 6.07 Å². The second-order valence-electron chi connectivity index (χ2n) is 5.85. The highest BCUT2D eigenvalue weighted by atomic mass is 32.2. The van der Waals surface area contributed by atoms with Gasteiger partial charge in [-0.2, -0.15) is 4.31 Å². The molecular weight excluding hydrogens is 350 g/mol. The monoisotopic (exact) mass is 369 g/mol. The predicted octanol–water partition coefficient (Wildman–Crippen LogP) is 0.488. The molecule has 2 aliphatic rings. The number of carbonyl (C=O) groups is 2. The summed E-state index contributed by atoms with van der Waals surface area (Å²) in [6.45, 7) is 3.08. The lowest BCUT2D eigenvalue weighted by Crippen LogP contribution is -2.40. The number of morpholine rings is 1. The number of sulfonamides is 1. The van der Waals surface area contributed by atoms with Crippen molar-refractivity contribution in [2.24, 2.45) is 0 Å². The normalized spacial score (nSPS) is 21.8. The molecule has 2 saturated heterocycles. The van der Waals surface area contributed by atoms with Crippen LogP contribution in [-0.4, -0.2) is 63.7 Å². The maximum atomic E-state index is 12.8. The molecule has 0 aromatic heterocycles. The Kier molecular flexibility index (Phi) is 5.07. The fourth-order valence-electron chi connectivity index (χ4n) is 2.71. The number of benzene rings is 1. The smallest absolute Gasteiger partial charge is 0.347 e. The van der Waals surface area contributed by atoms with Gasteiger partial charge in [-0.25, -0.2) is 18.0 Å². The summed E-state index contributed by atoms with van der Waals surface area (Å²) in [5.74, 6) is -1.33. The molecule has 1 unspecified atom stereocenters. The second-order valence-corrected chi connectivity index (χ2v) is 7.75. The summed E-state index contributed by atoms with van der Waals surface area (Å²) in [5, 5.41) is 0. The third kappa shape index (κ3) is 3.68. The molecule has 8 nitrogen and oxygen atoms in total. The number of nitrogens with zero attached hydrogens (tertiary/aromatic N) is 1. The van der Waals surface area contributed by atoms with Crippen molar-refractivity contribution in [3.8, 4) is 0 Å². The Morgan fingerprint density at radius 3 is 2.60 bits per heavy atom. The third-order valence-electron chi connectivity index (χ3n) is 4.15. The number of aryl methyl sites for hydroxylation is 1.